The number of nitrogens with one attached hydrogen (secondary N) is 1. The number of aliphatic hydroxyl groups excluding tert-OH is 2. The summed E-state index contributed by atoms with van der Waals surface area (Å²) in [5.74, 6) is -1.55. The maximum atomic E-state index is 12.0. The Kier molecular flexibility index (Phi) is 4.48. The van der Waals surface area contributed by atoms with Gasteiger partial charge in [-0.15, -0.1) is 0 Å². The zero-order chi connectivity index (χ0) is 17.3. The van der Waals surface area contributed by atoms with Gasteiger partial charge in [0.25, 0.3) is 5.56 Å². The van der Waals surface area contributed by atoms with E-state index in [9.17, 15) is 24.6 Å². The maximum absolute atomic E-state index is 12.0. The number of amides is 2. The van der Waals surface area contributed by atoms with Gasteiger partial charge in [-0.2, -0.15) is 4.98 Å². The number of aromatic nitrogens is 4. The van der Waals surface area contributed by atoms with Gasteiger partial charge in [0.1, 0.15) is 6.10 Å². The standard InChI is InChI=1S/C13H15N5O5/c1-5(19)10(22)8-4-14-9-11(15-8)16-13(17-12(9)23)18(6(2)20)7(3)21/h4-5,10,19,22H,1-3H3,(H,15,16,17,23). The molecule has 0 aliphatic heterocycles. The number of carbonyl (C=O) groups is 2. The Bertz CT molecular complexity index is 817. The van der Waals surface area contributed by atoms with E-state index in [1.807, 2.05) is 0 Å². The van der Waals surface area contributed by atoms with E-state index in [1.54, 1.807) is 0 Å². The third kappa shape index (κ3) is 3.22. The number of imide groups is 1. The quantitative estimate of drug-likeness (QED) is 0.653. The number of hydrogen-bond acceptors (Lipinski definition) is 8. The van der Waals surface area contributed by atoms with Crippen LogP contribution in [0.15, 0.2) is 11.0 Å². The number of fused-ring (bicyclic) bond motifs is 1. The molecule has 2 rings (SSSR count). The molecule has 2 heterocycles. The van der Waals surface area contributed by atoms with Crippen LogP contribution in [0.1, 0.15) is 32.6 Å². The number of hydrogen-bond donors (Lipinski definition) is 3. The fraction of sp³-hybridized carbons (Fsp3) is 0.385. The number of carbonyl (C=O) groups excluding carboxylic acids is 2. The highest BCUT2D eigenvalue weighted by Crippen LogP contribution is 2.16. The molecule has 10 nitrogen and oxygen atoms in total. The molecule has 0 saturated heterocycles. The van der Waals surface area contributed by atoms with Crippen molar-refractivity contribution < 1.29 is 19.8 Å². The van der Waals surface area contributed by atoms with Gasteiger partial charge < -0.3 is 10.2 Å². The molecule has 0 fully saturated rings. The first-order valence-electron chi connectivity index (χ1n) is 6.66. The summed E-state index contributed by atoms with van der Waals surface area (Å²) in [4.78, 5) is 49.8. The second kappa shape index (κ2) is 6.18. The molecule has 0 spiro atoms. The van der Waals surface area contributed by atoms with Crippen molar-refractivity contribution in [2.45, 2.75) is 33.0 Å². The lowest BCUT2D eigenvalue weighted by atomic mass is 10.2. The van der Waals surface area contributed by atoms with E-state index in [1.165, 1.54) is 6.92 Å². The van der Waals surface area contributed by atoms with E-state index in [0.29, 0.717) is 4.90 Å². The number of H-pyrrole nitrogens is 1. The van der Waals surface area contributed by atoms with Crippen molar-refractivity contribution in [3.05, 3.63) is 22.2 Å². The third-order valence-electron chi connectivity index (χ3n) is 3.03. The Labute approximate surface area is 129 Å². The Balaban J connectivity index is 2.65. The van der Waals surface area contributed by atoms with Gasteiger partial charge in [0.15, 0.2) is 11.2 Å². The summed E-state index contributed by atoms with van der Waals surface area (Å²) in [6, 6.07) is 0. The maximum Gasteiger partial charge on any atom is 0.280 e. The summed E-state index contributed by atoms with van der Waals surface area (Å²) < 4.78 is 0. The fourth-order valence-corrected chi connectivity index (χ4v) is 1.94. The number of aromatic amines is 1. The molecule has 2 atom stereocenters. The van der Waals surface area contributed by atoms with Crippen molar-refractivity contribution >= 4 is 28.9 Å². The Morgan fingerprint density at radius 1 is 1.22 bits per heavy atom. The second-order valence-electron chi connectivity index (χ2n) is 4.92. The van der Waals surface area contributed by atoms with Crippen LogP contribution in [0, 0.1) is 0 Å². The van der Waals surface area contributed by atoms with Gasteiger partial charge in [0.05, 0.1) is 18.0 Å². The van der Waals surface area contributed by atoms with Gasteiger partial charge in [-0.25, -0.2) is 14.9 Å². The highest BCUT2D eigenvalue weighted by molar-refractivity contribution is 6.12. The molecule has 0 aromatic carbocycles. The lowest BCUT2D eigenvalue weighted by Crippen LogP contribution is -2.36. The summed E-state index contributed by atoms with van der Waals surface area (Å²) in [7, 11) is 0. The Morgan fingerprint density at radius 3 is 2.35 bits per heavy atom. The lowest BCUT2D eigenvalue weighted by molar-refractivity contribution is -0.124. The predicted octanol–water partition coefficient (Wildman–Crippen LogP) is -0.973. The average molecular weight is 321 g/mol. The summed E-state index contributed by atoms with van der Waals surface area (Å²) in [6.45, 7) is 3.65. The van der Waals surface area contributed by atoms with Crippen molar-refractivity contribution in [1.29, 1.82) is 0 Å². The van der Waals surface area contributed by atoms with E-state index < -0.39 is 29.6 Å². The minimum atomic E-state index is -1.31. The van der Waals surface area contributed by atoms with Crippen molar-refractivity contribution in [3.8, 4) is 0 Å². The van der Waals surface area contributed by atoms with Crippen LogP contribution < -0.4 is 10.5 Å². The van der Waals surface area contributed by atoms with Crippen LogP contribution in [0.4, 0.5) is 5.95 Å². The topological polar surface area (TPSA) is 149 Å². The van der Waals surface area contributed by atoms with E-state index in [2.05, 4.69) is 19.9 Å². The predicted molar refractivity (Wildman–Crippen MR) is 78.4 cm³/mol. The number of aliphatic hydroxyl groups is 2. The van der Waals surface area contributed by atoms with E-state index in [4.69, 9.17) is 0 Å². The van der Waals surface area contributed by atoms with Crippen LogP contribution in [0.2, 0.25) is 0 Å². The van der Waals surface area contributed by atoms with Crippen LogP contribution >= 0.6 is 0 Å². The highest BCUT2D eigenvalue weighted by Gasteiger charge is 2.22. The molecule has 2 unspecified atom stereocenters. The molecular weight excluding hydrogens is 306 g/mol. The monoisotopic (exact) mass is 321 g/mol. The van der Waals surface area contributed by atoms with Crippen LogP contribution in [-0.2, 0) is 9.59 Å². The molecule has 122 valence electrons. The van der Waals surface area contributed by atoms with E-state index in [-0.39, 0.29) is 22.8 Å². The number of rotatable bonds is 3. The minimum Gasteiger partial charge on any atom is -0.390 e. The molecule has 10 heteroatoms. The zero-order valence-electron chi connectivity index (χ0n) is 12.6. The summed E-state index contributed by atoms with van der Waals surface area (Å²) in [5, 5.41) is 19.2. The van der Waals surface area contributed by atoms with Crippen LogP contribution in [0.25, 0.3) is 11.2 Å². The molecule has 2 amide bonds. The van der Waals surface area contributed by atoms with Gasteiger partial charge >= 0.3 is 0 Å². The molecule has 3 N–H and O–H groups in total. The fourth-order valence-electron chi connectivity index (χ4n) is 1.94. The minimum absolute atomic E-state index is 0.00810. The van der Waals surface area contributed by atoms with Gasteiger partial charge in [-0.1, -0.05) is 0 Å². The molecule has 0 radical (unpaired) electrons. The number of nitrogens with zero attached hydrogens (tertiary/aromatic N) is 4. The van der Waals surface area contributed by atoms with Crippen molar-refractivity contribution in [1.82, 2.24) is 19.9 Å². The third-order valence-corrected chi connectivity index (χ3v) is 3.03. The summed E-state index contributed by atoms with van der Waals surface area (Å²) in [5.41, 5.74) is -0.965. The van der Waals surface area contributed by atoms with Gasteiger partial charge in [-0.05, 0) is 6.92 Å². The zero-order valence-corrected chi connectivity index (χ0v) is 12.6. The normalized spacial score (nSPS) is 13.6. The molecule has 2 aromatic heterocycles. The van der Waals surface area contributed by atoms with Crippen molar-refractivity contribution in [2.24, 2.45) is 0 Å². The second-order valence-corrected chi connectivity index (χ2v) is 4.92. The van der Waals surface area contributed by atoms with Crippen molar-refractivity contribution in [3.63, 3.8) is 0 Å². The Morgan fingerprint density at radius 2 is 1.83 bits per heavy atom. The van der Waals surface area contributed by atoms with Crippen molar-refractivity contribution in [2.75, 3.05) is 4.90 Å². The largest absolute Gasteiger partial charge is 0.390 e. The van der Waals surface area contributed by atoms with Gasteiger partial charge in [-0.3, -0.25) is 19.4 Å². The van der Waals surface area contributed by atoms with E-state index >= 15 is 0 Å². The molecule has 0 aliphatic carbocycles. The molecule has 0 saturated carbocycles. The van der Waals surface area contributed by atoms with Gasteiger partial charge in [0.2, 0.25) is 17.8 Å². The SMILES string of the molecule is CC(=O)N(C(C)=O)c1nc2nc(C(O)C(C)O)cnc2c(=O)[nH]1. The first kappa shape index (κ1) is 16.6. The molecular formula is C13H15N5O5. The molecule has 0 bridgehead atoms. The van der Waals surface area contributed by atoms with E-state index in [0.717, 1.165) is 20.0 Å². The lowest BCUT2D eigenvalue weighted by Gasteiger charge is -2.16. The summed E-state index contributed by atoms with van der Waals surface area (Å²) in [6.07, 6.45) is -1.27. The smallest absolute Gasteiger partial charge is 0.280 e. The first-order chi connectivity index (χ1) is 10.7. The summed E-state index contributed by atoms with van der Waals surface area (Å²) >= 11 is 0. The van der Waals surface area contributed by atoms with Crippen LogP contribution in [0.3, 0.4) is 0 Å². The van der Waals surface area contributed by atoms with Crippen LogP contribution in [0.5, 0.6) is 0 Å². The number of anilines is 1. The van der Waals surface area contributed by atoms with Crippen LogP contribution in [-0.4, -0.2) is 48.1 Å². The molecule has 0 aliphatic rings. The first-order valence-corrected chi connectivity index (χ1v) is 6.66. The molecule has 23 heavy (non-hydrogen) atoms. The Hall–Kier alpha value is -2.72. The highest BCUT2D eigenvalue weighted by atomic mass is 16.3. The average Bonchev–Trinajstić information content (AvgIpc) is 2.44. The molecule has 2 aromatic rings. The van der Waals surface area contributed by atoms with Gasteiger partial charge in [0, 0.05) is 13.8 Å².